The molecule has 0 fully saturated rings. The highest BCUT2D eigenvalue weighted by atomic mass is 35.5. The third kappa shape index (κ3) is 3.34. The van der Waals surface area contributed by atoms with E-state index in [4.69, 9.17) is 23.2 Å². The first kappa shape index (κ1) is 16.8. The molecule has 0 spiro atoms. The first-order valence-corrected chi connectivity index (χ1v) is 8.92. The number of benzene rings is 4. The Morgan fingerprint density at radius 1 is 0.500 bits per heavy atom. The lowest BCUT2D eigenvalue weighted by atomic mass is 10.1. The second-order valence-corrected chi connectivity index (χ2v) is 6.52. The van der Waals surface area contributed by atoms with Crippen LogP contribution in [0.25, 0.3) is 21.5 Å². The van der Waals surface area contributed by atoms with E-state index in [0.29, 0.717) is 0 Å². The second kappa shape index (κ2) is 7.28. The van der Waals surface area contributed by atoms with Gasteiger partial charge in [-0.2, -0.15) is 0 Å². The molecule has 0 atom stereocenters. The molecule has 0 unspecified atom stereocenters. The van der Waals surface area contributed by atoms with Crippen molar-refractivity contribution in [3.8, 4) is 0 Å². The fourth-order valence-electron chi connectivity index (χ4n) is 2.92. The molecule has 0 saturated heterocycles. The molecule has 0 heterocycles. The van der Waals surface area contributed by atoms with Gasteiger partial charge in [-0.05, 0) is 22.9 Å². The summed E-state index contributed by atoms with van der Waals surface area (Å²) in [7, 11) is 0. The molecule has 0 bridgehead atoms. The van der Waals surface area contributed by atoms with Crippen molar-refractivity contribution in [1.82, 2.24) is 0 Å². The van der Waals surface area contributed by atoms with E-state index in [2.05, 4.69) is 9.98 Å². The summed E-state index contributed by atoms with van der Waals surface area (Å²) in [6.07, 6.45) is 0. The van der Waals surface area contributed by atoms with Gasteiger partial charge in [-0.3, -0.25) is 0 Å². The van der Waals surface area contributed by atoms with E-state index in [1.54, 1.807) is 0 Å². The van der Waals surface area contributed by atoms with Crippen LogP contribution in [0.4, 0.5) is 11.4 Å². The molecule has 4 aromatic carbocycles. The summed E-state index contributed by atoms with van der Waals surface area (Å²) in [6.45, 7) is 0. The standard InChI is InChI=1S/C22H14Cl2N2/c23-21(25-19-13-5-9-15-7-1-3-11-17(15)19)22(24)26-20-14-6-10-16-8-2-4-12-18(16)20/h1-14H. The molecule has 0 aliphatic rings. The predicted octanol–water partition coefficient (Wildman–Crippen LogP) is 7.23. The third-order valence-corrected chi connectivity index (χ3v) is 4.76. The lowest BCUT2D eigenvalue weighted by Crippen LogP contribution is -1.98. The van der Waals surface area contributed by atoms with E-state index in [0.717, 1.165) is 32.9 Å². The number of hydrogen-bond acceptors (Lipinski definition) is 2. The Hall–Kier alpha value is -2.68. The molecule has 0 aliphatic heterocycles. The topological polar surface area (TPSA) is 24.7 Å². The van der Waals surface area contributed by atoms with Gasteiger partial charge in [0.25, 0.3) is 0 Å². The summed E-state index contributed by atoms with van der Waals surface area (Å²) in [6, 6.07) is 27.8. The first-order chi connectivity index (χ1) is 12.7. The van der Waals surface area contributed by atoms with E-state index in [9.17, 15) is 0 Å². The molecule has 0 radical (unpaired) electrons. The van der Waals surface area contributed by atoms with Crippen molar-refractivity contribution >= 4 is 66.5 Å². The summed E-state index contributed by atoms with van der Waals surface area (Å²) < 4.78 is 0. The molecule has 0 amide bonds. The van der Waals surface area contributed by atoms with Crippen molar-refractivity contribution in [2.24, 2.45) is 9.98 Å². The van der Waals surface area contributed by atoms with Crippen molar-refractivity contribution in [1.29, 1.82) is 0 Å². The zero-order chi connectivity index (χ0) is 17.9. The van der Waals surface area contributed by atoms with Crippen molar-refractivity contribution < 1.29 is 0 Å². The summed E-state index contributed by atoms with van der Waals surface area (Å²) in [5.41, 5.74) is 1.53. The second-order valence-electron chi connectivity index (χ2n) is 5.80. The van der Waals surface area contributed by atoms with Gasteiger partial charge >= 0.3 is 0 Å². The van der Waals surface area contributed by atoms with Crippen LogP contribution in [-0.4, -0.2) is 10.3 Å². The number of nitrogens with zero attached hydrogens (tertiary/aromatic N) is 2. The molecule has 0 N–H and O–H groups in total. The highest BCUT2D eigenvalue weighted by molar-refractivity contribution is 7.00. The first-order valence-electron chi connectivity index (χ1n) is 8.17. The van der Waals surface area contributed by atoms with Crippen LogP contribution >= 0.6 is 23.2 Å². The fourth-order valence-corrected chi connectivity index (χ4v) is 3.18. The maximum Gasteiger partial charge on any atom is 0.166 e. The Morgan fingerprint density at radius 3 is 1.35 bits per heavy atom. The summed E-state index contributed by atoms with van der Waals surface area (Å²) in [5.74, 6) is 0. The Kier molecular flexibility index (Phi) is 4.70. The summed E-state index contributed by atoms with van der Waals surface area (Å²) in [4.78, 5) is 8.97. The van der Waals surface area contributed by atoms with Gasteiger partial charge in [-0.1, -0.05) is 96.0 Å². The van der Waals surface area contributed by atoms with Crippen molar-refractivity contribution in [2.75, 3.05) is 0 Å². The number of halogens is 2. The van der Waals surface area contributed by atoms with Crippen LogP contribution in [0.3, 0.4) is 0 Å². The fraction of sp³-hybridized carbons (Fsp3) is 0. The van der Waals surface area contributed by atoms with Gasteiger partial charge in [0.1, 0.15) is 0 Å². The molecule has 126 valence electrons. The van der Waals surface area contributed by atoms with E-state index in [1.807, 2.05) is 84.9 Å². The van der Waals surface area contributed by atoms with E-state index < -0.39 is 0 Å². The largest absolute Gasteiger partial charge is 0.233 e. The van der Waals surface area contributed by atoms with Gasteiger partial charge in [0, 0.05) is 10.8 Å². The van der Waals surface area contributed by atoms with Crippen LogP contribution in [0.1, 0.15) is 0 Å². The van der Waals surface area contributed by atoms with Gasteiger partial charge in [0.2, 0.25) is 0 Å². The normalized spacial score (nSPS) is 12.7. The highest BCUT2D eigenvalue weighted by Gasteiger charge is 2.07. The van der Waals surface area contributed by atoms with E-state index in [-0.39, 0.29) is 10.3 Å². The maximum absolute atomic E-state index is 6.35. The van der Waals surface area contributed by atoms with Crippen LogP contribution in [0.5, 0.6) is 0 Å². The van der Waals surface area contributed by atoms with Gasteiger partial charge in [-0.25, -0.2) is 9.98 Å². The zero-order valence-electron chi connectivity index (χ0n) is 13.7. The minimum Gasteiger partial charge on any atom is -0.233 e. The van der Waals surface area contributed by atoms with Crippen molar-refractivity contribution in [2.45, 2.75) is 0 Å². The Bertz CT molecular complexity index is 1060. The molecular formula is C22H14Cl2N2. The summed E-state index contributed by atoms with van der Waals surface area (Å²) >= 11 is 12.7. The Balaban J connectivity index is 1.76. The molecule has 4 rings (SSSR count). The molecule has 0 aliphatic carbocycles. The molecule has 4 heteroatoms. The average Bonchev–Trinajstić information content (AvgIpc) is 2.68. The number of aliphatic imine (C=N–C) groups is 2. The van der Waals surface area contributed by atoms with Gasteiger partial charge in [0.15, 0.2) is 10.3 Å². The third-order valence-electron chi connectivity index (χ3n) is 4.14. The Morgan fingerprint density at radius 2 is 0.885 bits per heavy atom. The zero-order valence-corrected chi connectivity index (χ0v) is 15.2. The molecule has 2 nitrogen and oxygen atoms in total. The summed E-state index contributed by atoms with van der Waals surface area (Å²) in [5, 5.41) is 4.55. The number of rotatable bonds is 3. The lowest BCUT2D eigenvalue weighted by Gasteiger charge is -2.04. The molecule has 4 aromatic rings. The SMILES string of the molecule is ClC(=Nc1cccc2ccccc12)C(Cl)=Nc1cccc2ccccc12. The van der Waals surface area contributed by atoms with Crippen LogP contribution in [0, 0.1) is 0 Å². The van der Waals surface area contributed by atoms with Gasteiger partial charge in [-0.15, -0.1) is 0 Å². The van der Waals surface area contributed by atoms with E-state index in [1.165, 1.54) is 0 Å². The van der Waals surface area contributed by atoms with E-state index >= 15 is 0 Å². The molecule has 26 heavy (non-hydrogen) atoms. The highest BCUT2D eigenvalue weighted by Crippen LogP contribution is 2.28. The van der Waals surface area contributed by atoms with Crippen LogP contribution in [-0.2, 0) is 0 Å². The minimum atomic E-state index is 0.163. The van der Waals surface area contributed by atoms with Crippen LogP contribution < -0.4 is 0 Å². The van der Waals surface area contributed by atoms with Gasteiger partial charge in [0.05, 0.1) is 11.4 Å². The monoisotopic (exact) mass is 376 g/mol. The van der Waals surface area contributed by atoms with Crippen molar-refractivity contribution in [3.63, 3.8) is 0 Å². The predicted molar refractivity (Wildman–Crippen MR) is 114 cm³/mol. The average molecular weight is 377 g/mol. The lowest BCUT2D eigenvalue weighted by molar-refractivity contribution is 1.56. The molecule has 0 aromatic heterocycles. The van der Waals surface area contributed by atoms with Gasteiger partial charge < -0.3 is 0 Å². The number of hydrogen-bond donors (Lipinski definition) is 0. The van der Waals surface area contributed by atoms with Crippen LogP contribution in [0.15, 0.2) is 94.9 Å². The molecule has 0 saturated carbocycles. The van der Waals surface area contributed by atoms with Crippen LogP contribution in [0.2, 0.25) is 0 Å². The van der Waals surface area contributed by atoms with Crippen molar-refractivity contribution in [3.05, 3.63) is 84.9 Å². The smallest absolute Gasteiger partial charge is 0.166 e. The quantitative estimate of drug-likeness (QED) is 0.337. The number of fused-ring (bicyclic) bond motifs is 2. The maximum atomic E-state index is 6.35. The minimum absolute atomic E-state index is 0.163. The Labute approximate surface area is 161 Å². The molecular weight excluding hydrogens is 363 g/mol.